The van der Waals surface area contributed by atoms with Gasteiger partial charge in [0.15, 0.2) is 5.82 Å². The summed E-state index contributed by atoms with van der Waals surface area (Å²) >= 11 is 0. The molecule has 2 aliphatic rings. The van der Waals surface area contributed by atoms with Gasteiger partial charge in [-0.1, -0.05) is 53.9 Å². The van der Waals surface area contributed by atoms with Crippen LogP contribution in [-0.4, -0.2) is 19.6 Å². The Hall–Kier alpha value is -4.56. The van der Waals surface area contributed by atoms with Crippen molar-refractivity contribution in [1.29, 1.82) is 0 Å². The van der Waals surface area contributed by atoms with E-state index in [2.05, 4.69) is 21.8 Å². The van der Waals surface area contributed by atoms with Gasteiger partial charge in [-0.2, -0.15) is 0 Å². The zero-order valence-corrected chi connectivity index (χ0v) is 18.0. The molecule has 0 saturated heterocycles. The van der Waals surface area contributed by atoms with E-state index in [-0.39, 0.29) is 11.3 Å². The van der Waals surface area contributed by atoms with Crippen LogP contribution >= 0.6 is 0 Å². The quantitative estimate of drug-likeness (QED) is 0.408. The highest BCUT2D eigenvalue weighted by Gasteiger charge is 2.19. The second-order valence-corrected chi connectivity index (χ2v) is 7.93. The van der Waals surface area contributed by atoms with Crippen LogP contribution in [0.25, 0.3) is 17.1 Å². The Labute approximate surface area is 191 Å². The smallest absolute Gasteiger partial charge is 0.278 e. The molecule has 3 aromatic rings. The van der Waals surface area contributed by atoms with Gasteiger partial charge in [0.05, 0.1) is 5.69 Å². The van der Waals surface area contributed by atoms with Gasteiger partial charge < -0.3 is 10.1 Å². The largest absolute Gasteiger partial charge is 0.508 e. The lowest BCUT2D eigenvalue weighted by Gasteiger charge is -2.09. The average molecular weight is 431 g/mol. The Morgan fingerprint density at radius 2 is 1.67 bits per heavy atom. The molecule has 33 heavy (non-hydrogen) atoms. The van der Waals surface area contributed by atoms with E-state index in [1.807, 2.05) is 61.5 Å². The Balaban J connectivity index is 1.65. The first-order valence-electron chi connectivity index (χ1n) is 10.6. The van der Waals surface area contributed by atoms with Crippen molar-refractivity contribution in [3.05, 3.63) is 123 Å². The molecule has 0 atom stereocenters. The fourth-order valence-electron chi connectivity index (χ4n) is 3.66. The van der Waals surface area contributed by atoms with Crippen molar-refractivity contribution in [1.82, 2.24) is 14.5 Å². The fourth-order valence-corrected chi connectivity index (χ4v) is 3.66. The van der Waals surface area contributed by atoms with Crippen LogP contribution in [0.5, 0.6) is 5.75 Å². The number of nitrogens with zero attached hydrogens (tertiary/aromatic N) is 2. The Kier molecular flexibility index (Phi) is 5.26. The topological polar surface area (TPSA) is 70.9 Å². The SMILES string of the molecule is Cc1ccc(Cc2nc3c(C#Cc4ccccc4)[nH]c(-c4ccc(O)cc4)cn-3c2=O)cc1. The van der Waals surface area contributed by atoms with Crippen molar-refractivity contribution in [2.75, 3.05) is 0 Å². The molecule has 0 radical (unpaired) electrons. The van der Waals surface area contributed by atoms with E-state index in [1.165, 1.54) is 5.56 Å². The Morgan fingerprint density at radius 1 is 0.939 bits per heavy atom. The van der Waals surface area contributed by atoms with E-state index in [9.17, 15) is 9.90 Å². The molecular weight excluding hydrogens is 410 g/mol. The van der Waals surface area contributed by atoms with Gasteiger partial charge in [0.1, 0.15) is 17.1 Å². The van der Waals surface area contributed by atoms with E-state index in [4.69, 9.17) is 0 Å². The van der Waals surface area contributed by atoms with Crippen LogP contribution in [0.3, 0.4) is 0 Å². The number of nitrogens with one attached hydrogen (secondary N) is 1. The highest BCUT2D eigenvalue weighted by molar-refractivity contribution is 5.62. The third-order valence-electron chi connectivity index (χ3n) is 5.45. The van der Waals surface area contributed by atoms with Crippen molar-refractivity contribution < 1.29 is 5.11 Å². The minimum Gasteiger partial charge on any atom is -0.508 e. The maximum atomic E-state index is 13.3. The molecule has 3 aromatic carbocycles. The molecule has 5 nitrogen and oxygen atoms in total. The van der Waals surface area contributed by atoms with Crippen molar-refractivity contribution in [3.8, 4) is 34.7 Å². The monoisotopic (exact) mass is 431 g/mol. The molecule has 0 bridgehead atoms. The number of aromatic nitrogens is 3. The zero-order chi connectivity index (χ0) is 22.8. The number of phenolic OH excluding ortho intramolecular Hbond substituents is 1. The molecule has 0 amide bonds. The van der Waals surface area contributed by atoms with Crippen molar-refractivity contribution >= 4 is 0 Å². The molecule has 0 fully saturated rings. The number of fused-ring (bicyclic) bond motifs is 1. The lowest BCUT2D eigenvalue weighted by atomic mass is 10.1. The van der Waals surface area contributed by atoms with E-state index in [0.29, 0.717) is 29.3 Å². The molecule has 2 N–H and O–H groups in total. The van der Waals surface area contributed by atoms with Crippen LogP contribution in [0.4, 0.5) is 0 Å². The van der Waals surface area contributed by atoms with Crippen LogP contribution in [0.15, 0.2) is 89.9 Å². The molecule has 0 unspecified atom stereocenters. The summed E-state index contributed by atoms with van der Waals surface area (Å²) in [5, 5.41) is 9.65. The van der Waals surface area contributed by atoms with E-state index >= 15 is 0 Å². The highest BCUT2D eigenvalue weighted by atomic mass is 16.3. The van der Waals surface area contributed by atoms with E-state index in [0.717, 1.165) is 16.7 Å². The van der Waals surface area contributed by atoms with Gasteiger partial charge in [-0.05, 0) is 60.4 Å². The van der Waals surface area contributed by atoms with Crippen LogP contribution in [-0.2, 0) is 6.42 Å². The van der Waals surface area contributed by atoms with Crippen LogP contribution in [0.2, 0.25) is 0 Å². The summed E-state index contributed by atoms with van der Waals surface area (Å²) in [7, 11) is 0. The minimum atomic E-state index is -0.164. The van der Waals surface area contributed by atoms with E-state index < -0.39 is 0 Å². The lowest BCUT2D eigenvalue weighted by molar-refractivity contribution is 0.475. The van der Waals surface area contributed by atoms with Crippen LogP contribution in [0, 0.1) is 18.8 Å². The number of benzene rings is 3. The normalized spacial score (nSPS) is 10.7. The molecule has 5 heteroatoms. The minimum absolute atomic E-state index is 0.164. The Morgan fingerprint density at radius 3 is 2.39 bits per heavy atom. The number of hydrogen-bond donors (Lipinski definition) is 2. The third kappa shape index (κ3) is 4.28. The molecule has 2 heterocycles. The number of hydrogen-bond acceptors (Lipinski definition) is 3. The first-order valence-corrected chi connectivity index (χ1v) is 10.6. The van der Waals surface area contributed by atoms with Gasteiger partial charge in [-0.25, -0.2) is 4.98 Å². The van der Waals surface area contributed by atoms with Gasteiger partial charge in [-0.15, -0.1) is 0 Å². The summed E-state index contributed by atoms with van der Waals surface area (Å²) in [6, 6.07) is 24.6. The molecule has 0 spiro atoms. The number of rotatable bonds is 3. The summed E-state index contributed by atoms with van der Waals surface area (Å²) in [5.74, 6) is 6.98. The Bertz CT molecular complexity index is 1500. The predicted octanol–water partition coefficient (Wildman–Crippen LogP) is 4.67. The number of aromatic amines is 1. The predicted molar refractivity (Wildman–Crippen MR) is 129 cm³/mol. The standard InChI is InChI=1S/C28H21N3O2/c1-19-7-9-21(10-8-19)17-25-28(33)31-18-26(22-12-14-23(32)15-13-22)29-24(27(31)30-25)16-11-20-5-3-2-4-6-20/h2-10,12-15,18,29,32H,17H2,1H3. The fraction of sp³-hybridized carbons (Fsp3) is 0.0714. The molecule has 0 saturated carbocycles. The number of aromatic hydroxyl groups is 1. The van der Waals surface area contributed by atoms with Crippen molar-refractivity contribution in [2.24, 2.45) is 0 Å². The van der Waals surface area contributed by atoms with Gasteiger partial charge in [0.25, 0.3) is 5.56 Å². The van der Waals surface area contributed by atoms with Gasteiger partial charge in [-0.3, -0.25) is 9.36 Å². The molecular formula is C28H21N3O2. The maximum absolute atomic E-state index is 13.3. The number of aryl methyl sites for hydroxylation is 1. The first-order chi connectivity index (χ1) is 16.1. The first kappa shape index (κ1) is 20.3. The summed E-state index contributed by atoms with van der Waals surface area (Å²) in [6.07, 6.45) is 2.18. The molecule has 0 aliphatic carbocycles. The zero-order valence-electron chi connectivity index (χ0n) is 18.0. The van der Waals surface area contributed by atoms with Gasteiger partial charge in [0.2, 0.25) is 0 Å². The van der Waals surface area contributed by atoms with Gasteiger partial charge >= 0.3 is 0 Å². The summed E-state index contributed by atoms with van der Waals surface area (Å²) < 4.78 is 1.55. The van der Waals surface area contributed by atoms with Gasteiger partial charge in [0, 0.05) is 18.2 Å². The number of phenols is 1. The van der Waals surface area contributed by atoms with Crippen molar-refractivity contribution in [2.45, 2.75) is 13.3 Å². The molecule has 5 rings (SSSR count). The molecule has 2 aliphatic heterocycles. The van der Waals surface area contributed by atoms with Crippen LogP contribution in [0.1, 0.15) is 28.1 Å². The molecule has 160 valence electrons. The van der Waals surface area contributed by atoms with Crippen LogP contribution < -0.4 is 5.56 Å². The average Bonchev–Trinajstić information content (AvgIpc) is 3.15. The summed E-state index contributed by atoms with van der Waals surface area (Å²) in [6.45, 7) is 2.03. The van der Waals surface area contributed by atoms with Crippen molar-refractivity contribution in [3.63, 3.8) is 0 Å². The van der Waals surface area contributed by atoms with E-state index in [1.54, 1.807) is 35.0 Å². The maximum Gasteiger partial charge on any atom is 0.278 e. The number of H-pyrrole nitrogens is 1. The third-order valence-corrected chi connectivity index (χ3v) is 5.45. The summed E-state index contributed by atoms with van der Waals surface area (Å²) in [4.78, 5) is 21.3. The molecule has 0 aromatic heterocycles. The lowest BCUT2D eigenvalue weighted by Crippen LogP contribution is -2.17. The summed E-state index contributed by atoms with van der Waals surface area (Å²) in [5.41, 5.74) is 5.45. The highest BCUT2D eigenvalue weighted by Crippen LogP contribution is 2.23. The second kappa shape index (κ2) is 8.52. The second-order valence-electron chi connectivity index (χ2n) is 7.93. The number of imidazole rings is 1.